The molecule has 0 spiro atoms. The highest BCUT2D eigenvalue weighted by atomic mass is 16.4. The number of rotatable bonds is 3. The molecule has 4 nitrogen and oxygen atoms in total. The third kappa shape index (κ3) is 3.08. The van der Waals surface area contributed by atoms with E-state index in [1.54, 1.807) is 0 Å². The van der Waals surface area contributed by atoms with Crippen molar-refractivity contribution in [3.05, 3.63) is 17.3 Å². The Balaban J connectivity index is 1.85. The molecule has 0 aliphatic heterocycles. The first-order valence-corrected chi connectivity index (χ1v) is 6.37. The van der Waals surface area contributed by atoms with Crippen LogP contribution in [0.4, 0.5) is 0 Å². The van der Waals surface area contributed by atoms with Gasteiger partial charge in [-0.1, -0.05) is 19.3 Å². The predicted molar refractivity (Wildman–Crippen MR) is 64.4 cm³/mol. The third-order valence-electron chi connectivity index (χ3n) is 3.40. The summed E-state index contributed by atoms with van der Waals surface area (Å²) in [6.45, 7) is 4.18. The molecule has 0 radical (unpaired) electrons. The zero-order valence-electron chi connectivity index (χ0n) is 10.6. The summed E-state index contributed by atoms with van der Waals surface area (Å²) in [4.78, 5) is 16.1. The van der Waals surface area contributed by atoms with Crippen LogP contribution in [0.25, 0.3) is 0 Å². The average Bonchev–Trinajstić information content (AvgIpc) is 2.66. The SMILES string of the molecule is Cc1nc(C)c(CNC(=O)C2CCCCC2)o1. The van der Waals surface area contributed by atoms with Crippen molar-refractivity contribution in [2.24, 2.45) is 5.92 Å². The van der Waals surface area contributed by atoms with Crippen molar-refractivity contribution in [3.8, 4) is 0 Å². The first-order valence-electron chi connectivity index (χ1n) is 6.37. The topological polar surface area (TPSA) is 55.1 Å². The largest absolute Gasteiger partial charge is 0.444 e. The standard InChI is InChI=1S/C13H20N2O2/c1-9-12(17-10(2)15-9)8-14-13(16)11-6-4-3-5-7-11/h11H,3-8H2,1-2H3,(H,14,16). The van der Waals surface area contributed by atoms with Gasteiger partial charge in [-0.3, -0.25) is 4.79 Å². The molecule has 1 heterocycles. The van der Waals surface area contributed by atoms with Crippen LogP contribution >= 0.6 is 0 Å². The molecule has 0 aromatic carbocycles. The van der Waals surface area contributed by atoms with Gasteiger partial charge < -0.3 is 9.73 Å². The second kappa shape index (κ2) is 5.34. The fourth-order valence-corrected chi connectivity index (χ4v) is 2.41. The molecule has 1 saturated carbocycles. The van der Waals surface area contributed by atoms with Crippen LogP contribution in [0.3, 0.4) is 0 Å². The average molecular weight is 236 g/mol. The van der Waals surface area contributed by atoms with E-state index in [-0.39, 0.29) is 11.8 Å². The number of oxazole rings is 1. The van der Waals surface area contributed by atoms with Gasteiger partial charge in [0.25, 0.3) is 0 Å². The lowest BCUT2D eigenvalue weighted by Gasteiger charge is -2.20. The second-order valence-electron chi connectivity index (χ2n) is 4.79. The van der Waals surface area contributed by atoms with Gasteiger partial charge in [-0.15, -0.1) is 0 Å². The first-order chi connectivity index (χ1) is 8.16. The van der Waals surface area contributed by atoms with Gasteiger partial charge in [0, 0.05) is 12.8 Å². The molecule has 2 rings (SSSR count). The van der Waals surface area contributed by atoms with Crippen molar-refractivity contribution in [3.63, 3.8) is 0 Å². The molecule has 1 aromatic rings. The van der Waals surface area contributed by atoms with Crippen LogP contribution in [0.15, 0.2) is 4.42 Å². The number of carbonyl (C=O) groups is 1. The summed E-state index contributed by atoms with van der Waals surface area (Å²) in [6.07, 6.45) is 5.68. The van der Waals surface area contributed by atoms with Crippen molar-refractivity contribution >= 4 is 5.91 Å². The normalized spacial score (nSPS) is 17.1. The number of nitrogens with one attached hydrogen (secondary N) is 1. The van der Waals surface area contributed by atoms with Crippen molar-refractivity contribution in [2.45, 2.75) is 52.5 Å². The zero-order chi connectivity index (χ0) is 12.3. The minimum absolute atomic E-state index is 0.165. The van der Waals surface area contributed by atoms with E-state index >= 15 is 0 Å². The van der Waals surface area contributed by atoms with Crippen LogP contribution < -0.4 is 5.32 Å². The highest BCUT2D eigenvalue weighted by Crippen LogP contribution is 2.23. The van der Waals surface area contributed by atoms with E-state index in [0.717, 1.165) is 24.3 Å². The Kier molecular flexibility index (Phi) is 3.82. The first kappa shape index (κ1) is 12.1. The van der Waals surface area contributed by atoms with E-state index < -0.39 is 0 Å². The summed E-state index contributed by atoms with van der Waals surface area (Å²) in [7, 11) is 0. The van der Waals surface area contributed by atoms with Crippen LogP contribution in [0.5, 0.6) is 0 Å². The number of aryl methyl sites for hydroxylation is 2. The molecule has 0 bridgehead atoms. The molecular weight excluding hydrogens is 216 g/mol. The number of amides is 1. The third-order valence-corrected chi connectivity index (χ3v) is 3.40. The summed E-state index contributed by atoms with van der Waals surface area (Å²) in [5.74, 6) is 1.79. The van der Waals surface area contributed by atoms with Crippen LogP contribution in [0.2, 0.25) is 0 Å². The van der Waals surface area contributed by atoms with E-state index in [2.05, 4.69) is 10.3 Å². The Morgan fingerprint density at radius 2 is 2.06 bits per heavy atom. The van der Waals surface area contributed by atoms with Gasteiger partial charge in [-0.25, -0.2) is 4.98 Å². The highest BCUT2D eigenvalue weighted by molar-refractivity contribution is 5.78. The molecule has 0 saturated heterocycles. The quantitative estimate of drug-likeness (QED) is 0.877. The van der Waals surface area contributed by atoms with Gasteiger partial charge in [-0.05, 0) is 19.8 Å². The lowest BCUT2D eigenvalue weighted by molar-refractivity contribution is -0.126. The van der Waals surface area contributed by atoms with Gasteiger partial charge in [0.05, 0.1) is 12.2 Å². The monoisotopic (exact) mass is 236 g/mol. The van der Waals surface area contributed by atoms with E-state index in [0.29, 0.717) is 12.4 Å². The molecule has 1 aliphatic carbocycles. The van der Waals surface area contributed by atoms with Gasteiger partial charge in [0.1, 0.15) is 5.76 Å². The predicted octanol–water partition coefficient (Wildman–Crippen LogP) is 2.49. The van der Waals surface area contributed by atoms with E-state index in [1.807, 2.05) is 13.8 Å². The van der Waals surface area contributed by atoms with Gasteiger partial charge in [-0.2, -0.15) is 0 Å². The zero-order valence-corrected chi connectivity index (χ0v) is 10.6. The lowest BCUT2D eigenvalue weighted by Crippen LogP contribution is -2.31. The molecule has 17 heavy (non-hydrogen) atoms. The Hall–Kier alpha value is -1.32. The van der Waals surface area contributed by atoms with Gasteiger partial charge >= 0.3 is 0 Å². The van der Waals surface area contributed by atoms with Gasteiger partial charge in [0.15, 0.2) is 5.89 Å². The summed E-state index contributed by atoms with van der Waals surface area (Å²) >= 11 is 0. The van der Waals surface area contributed by atoms with Crippen LogP contribution in [-0.4, -0.2) is 10.9 Å². The van der Waals surface area contributed by atoms with E-state index in [1.165, 1.54) is 19.3 Å². The fourth-order valence-electron chi connectivity index (χ4n) is 2.41. The molecule has 1 aromatic heterocycles. The summed E-state index contributed by atoms with van der Waals surface area (Å²) in [5.41, 5.74) is 0.867. The number of nitrogens with zero attached hydrogens (tertiary/aromatic N) is 1. The smallest absolute Gasteiger partial charge is 0.223 e. The van der Waals surface area contributed by atoms with Crippen LogP contribution in [0, 0.1) is 19.8 Å². The van der Waals surface area contributed by atoms with E-state index in [9.17, 15) is 4.79 Å². The molecule has 0 atom stereocenters. The molecule has 0 unspecified atom stereocenters. The molecule has 1 amide bonds. The second-order valence-corrected chi connectivity index (χ2v) is 4.79. The molecule has 4 heteroatoms. The van der Waals surface area contributed by atoms with Crippen molar-refractivity contribution in [2.75, 3.05) is 0 Å². The molecule has 94 valence electrons. The number of aromatic nitrogens is 1. The Morgan fingerprint density at radius 3 is 2.65 bits per heavy atom. The maximum atomic E-state index is 11.9. The Labute approximate surface area is 102 Å². The number of hydrogen-bond acceptors (Lipinski definition) is 3. The van der Waals surface area contributed by atoms with Crippen molar-refractivity contribution < 1.29 is 9.21 Å². The summed E-state index contributed by atoms with van der Waals surface area (Å²) in [5, 5.41) is 2.95. The van der Waals surface area contributed by atoms with Crippen LogP contribution in [-0.2, 0) is 11.3 Å². The van der Waals surface area contributed by atoms with Gasteiger partial charge in [0.2, 0.25) is 5.91 Å². The number of carbonyl (C=O) groups excluding carboxylic acids is 1. The Morgan fingerprint density at radius 1 is 1.35 bits per heavy atom. The number of hydrogen-bond donors (Lipinski definition) is 1. The van der Waals surface area contributed by atoms with Crippen molar-refractivity contribution in [1.29, 1.82) is 0 Å². The van der Waals surface area contributed by atoms with E-state index in [4.69, 9.17) is 4.42 Å². The Bertz CT molecular complexity index is 392. The van der Waals surface area contributed by atoms with Crippen LogP contribution in [0.1, 0.15) is 49.4 Å². The molecule has 1 fully saturated rings. The fraction of sp³-hybridized carbons (Fsp3) is 0.692. The maximum absolute atomic E-state index is 11.9. The minimum Gasteiger partial charge on any atom is -0.444 e. The molecular formula is C13H20N2O2. The maximum Gasteiger partial charge on any atom is 0.223 e. The highest BCUT2D eigenvalue weighted by Gasteiger charge is 2.21. The minimum atomic E-state index is 0.165. The summed E-state index contributed by atoms with van der Waals surface area (Å²) < 4.78 is 5.43. The summed E-state index contributed by atoms with van der Waals surface area (Å²) in [6, 6.07) is 0. The molecule has 1 N–H and O–H groups in total. The lowest BCUT2D eigenvalue weighted by atomic mass is 9.89. The molecule has 1 aliphatic rings. The van der Waals surface area contributed by atoms with Crippen molar-refractivity contribution in [1.82, 2.24) is 10.3 Å².